The number of rotatable bonds is 3. The number of aliphatic hydroxyl groups excluding tert-OH is 1. The molecule has 2 aromatic carbocycles. The van der Waals surface area contributed by atoms with E-state index in [9.17, 15) is 13.9 Å². The fourth-order valence-electron chi connectivity index (χ4n) is 1.77. The molecule has 0 saturated carbocycles. The molecule has 1 atom stereocenters. The van der Waals surface area contributed by atoms with Gasteiger partial charge >= 0.3 is 0 Å². The molecule has 2 aromatic rings. The monoisotopic (exact) mass is 268 g/mol. The first-order chi connectivity index (χ1) is 8.56. The molecule has 94 valence electrons. The molecule has 0 aliphatic carbocycles. The van der Waals surface area contributed by atoms with Gasteiger partial charge in [0.1, 0.15) is 11.6 Å². The Bertz CT molecular complexity index is 557. The van der Waals surface area contributed by atoms with Crippen LogP contribution in [0, 0.1) is 11.6 Å². The minimum absolute atomic E-state index is 0.0463. The van der Waals surface area contributed by atoms with Gasteiger partial charge in [-0.05, 0) is 35.9 Å². The third kappa shape index (κ3) is 3.06. The van der Waals surface area contributed by atoms with Crippen LogP contribution in [0.5, 0.6) is 0 Å². The molecule has 18 heavy (non-hydrogen) atoms. The maximum absolute atomic E-state index is 13.4. The van der Waals surface area contributed by atoms with Crippen molar-refractivity contribution in [2.75, 3.05) is 0 Å². The molecule has 1 nitrogen and oxygen atoms in total. The Morgan fingerprint density at radius 1 is 1.11 bits per heavy atom. The summed E-state index contributed by atoms with van der Waals surface area (Å²) in [6.07, 6.45) is -0.917. The van der Waals surface area contributed by atoms with Crippen molar-refractivity contribution in [3.05, 3.63) is 70.2 Å². The molecule has 0 heterocycles. The van der Waals surface area contributed by atoms with Gasteiger partial charge in [-0.3, -0.25) is 0 Å². The molecule has 0 aliphatic rings. The Balaban J connectivity index is 2.21. The van der Waals surface area contributed by atoms with Crippen LogP contribution in [0.4, 0.5) is 8.78 Å². The summed E-state index contributed by atoms with van der Waals surface area (Å²) in [7, 11) is 0. The highest BCUT2D eigenvalue weighted by Crippen LogP contribution is 2.23. The Morgan fingerprint density at radius 2 is 1.89 bits per heavy atom. The van der Waals surface area contributed by atoms with Crippen LogP contribution in [0.15, 0.2) is 42.5 Å². The Morgan fingerprint density at radius 3 is 2.61 bits per heavy atom. The minimum Gasteiger partial charge on any atom is -0.388 e. The second-order valence-electron chi connectivity index (χ2n) is 4.02. The highest BCUT2D eigenvalue weighted by molar-refractivity contribution is 6.30. The van der Waals surface area contributed by atoms with Gasteiger partial charge in [-0.15, -0.1) is 0 Å². The van der Waals surface area contributed by atoms with E-state index in [1.807, 2.05) is 0 Å². The molecule has 4 heteroatoms. The van der Waals surface area contributed by atoms with Crippen LogP contribution in [0.25, 0.3) is 0 Å². The third-order valence-electron chi connectivity index (χ3n) is 2.64. The molecule has 0 radical (unpaired) electrons. The molecule has 1 N–H and O–H groups in total. The predicted octanol–water partition coefficient (Wildman–Crippen LogP) is 3.89. The van der Waals surface area contributed by atoms with E-state index in [0.29, 0.717) is 5.02 Å². The summed E-state index contributed by atoms with van der Waals surface area (Å²) in [6.45, 7) is 0. The maximum Gasteiger partial charge on any atom is 0.129 e. The second-order valence-corrected chi connectivity index (χ2v) is 4.45. The molecule has 0 aliphatic heterocycles. The van der Waals surface area contributed by atoms with Crippen LogP contribution in [0.1, 0.15) is 17.2 Å². The molecule has 0 amide bonds. The summed E-state index contributed by atoms with van der Waals surface area (Å²) < 4.78 is 26.5. The Hall–Kier alpha value is -1.45. The van der Waals surface area contributed by atoms with Crippen molar-refractivity contribution in [1.82, 2.24) is 0 Å². The van der Waals surface area contributed by atoms with E-state index in [1.165, 1.54) is 0 Å². The van der Waals surface area contributed by atoms with E-state index >= 15 is 0 Å². The largest absolute Gasteiger partial charge is 0.388 e. The van der Waals surface area contributed by atoms with Gasteiger partial charge in [0, 0.05) is 17.0 Å². The van der Waals surface area contributed by atoms with E-state index in [1.54, 1.807) is 24.3 Å². The molecule has 0 spiro atoms. The lowest BCUT2D eigenvalue weighted by molar-refractivity contribution is 0.173. The highest BCUT2D eigenvalue weighted by atomic mass is 35.5. The van der Waals surface area contributed by atoms with Gasteiger partial charge in [-0.1, -0.05) is 23.7 Å². The molecule has 0 fully saturated rings. The predicted molar refractivity (Wildman–Crippen MR) is 66.5 cm³/mol. The summed E-state index contributed by atoms with van der Waals surface area (Å²) in [5.74, 6) is -1.19. The molecule has 2 rings (SSSR count). The highest BCUT2D eigenvalue weighted by Gasteiger charge is 2.14. The Kier molecular flexibility index (Phi) is 3.94. The van der Waals surface area contributed by atoms with E-state index in [0.717, 1.165) is 23.8 Å². The molecule has 0 aromatic heterocycles. The zero-order chi connectivity index (χ0) is 13.1. The normalized spacial score (nSPS) is 12.4. The van der Waals surface area contributed by atoms with Gasteiger partial charge in [-0.2, -0.15) is 0 Å². The molecular weight excluding hydrogens is 258 g/mol. The number of aliphatic hydroxyl groups is 1. The molecular formula is C14H11ClF2O. The van der Waals surface area contributed by atoms with Crippen molar-refractivity contribution < 1.29 is 13.9 Å². The van der Waals surface area contributed by atoms with E-state index in [-0.39, 0.29) is 12.0 Å². The van der Waals surface area contributed by atoms with Crippen LogP contribution in [-0.4, -0.2) is 5.11 Å². The van der Waals surface area contributed by atoms with E-state index in [2.05, 4.69) is 0 Å². The van der Waals surface area contributed by atoms with Gasteiger partial charge in [-0.25, -0.2) is 8.78 Å². The lowest BCUT2D eigenvalue weighted by Gasteiger charge is -2.12. The smallest absolute Gasteiger partial charge is 0.129 e. The fraction of sp³-hybridized carbons (Fsp3) is 0.143. The van der Waals surface area contributed by atoms with Gasteiger partial charge in [0.2, 0.25) is 0 Å². The lowest BCUT2D eigenvalue weighted by atomic mass is 10.0. The average molecular weight is 269 g/mol. The Labute approximate surface area is 109 Å². The maximum atomic E-state index is 13.4. The zero-order valence-electron chi connectivity index (χ0n) is 9.41. The first-order valence-electron chi connectivity index (χ1n) is 5.44. The van der Waals surface area contributed by atoms with Gasteiger partial charge < -0.3 is 5.11 Å². The van der Waals surface area contributed by atoms with Gasteiger partial charge in [0.15, 0.2) is 0 Å². The number of hydrogen-bond donors (Lipinski definition) is 1. The molecule has 0 bridgehead atoms. The van der Waals surface area contributed by atoms with Crippen molar-refractivity contribution in [2.45, 2.75) is 12.5 Å². The number of halogens is 3. The summed E-state index contributed by atoms with van der Waals surface area (Å²) in [5, 5.41) is 10.5. The molecule has 1 unspecified atom stereocenters. The topological polar surface area (TPSA) is 20.2 Å². The SMILES string of the molecule is OC(Cc1cccc(Cl)c1)c1cc(F)ccc1F. The van der Waals surface area contributed by atoms with Crippen LogP contribution in [0.2, 0.25) is 5.02 Å². The minimum atomic E-state index is -1.10. The van der Waals surface area contributed by atoms with Gasteiger partial charge in [0.05, 0.1) is 6.10 Å². The van der Waals surface area contributed by atoms with Crippen molar-refractivity contribution in [3.63, 3.8) is 0 Å². The quantitative estimate of drug-likeness (QED) is 0.895. The van der Waals surface area contributed by atoms with Crippen LogP contribution < -0.4 is 0 Å². The van der Waals surface area contributed by atoms with Crippen LogP contribution in [0.3, 0.4) is 0 Å². The van der Waals surface area contributed by atoms with E-state index in [4.69, 9.17) is 11.6 Å². The van der Waals surface area contributed by atoms with Crippen molar-refractivity contribution >= 4 is 11.6 Å². The van der Waals surface area contributed by atoms with Crippen LogP contribution >= 0.6 is 11.6 Å². The second kappa shape index (κ2) is 5.46. The van der Waals surface area contributed by atoms with Crippen molar-refractivity contribution in [3.8, 4) is 0 Å². The molecule has 0 saturated heterocycles. The summed E-state index contributed by atoms with van der Waals surface area (Å²) >= 11 is 5.82. The van der Waals surface area contributed by atoms with Crippen molar-refractivity contribution in [1.29, 1.82) is 0 Å². The third-order valence-corrected chi connectivity index (χ3v) is 2.87. The zero-order valence-corrected chi connectivity index (χ0v) is 10.2. The standard InChI is InChI=1S/C14H11ClF2O/c15-10-3-1-2-9(6-10)7-14(18)12-8-11(16)4-5-13(12)17/h1-6,8,14,18H,7H2. The number of benzene rings is 2. The number of hydrogen-bond acceptors (Lipinski definition) is 1. The first kappa shape index (κ1) is 13.0. The van der Waals surface area contributed by atoms with Gasteiger partial charge in [0.25, 0.3) is 0 Å². The summed E-state index contributed by atoms with van der Waals surface area (Å²) in [4.78, 5) is 0. The fourth-order valence-corrected chi connectivity index (χ4v) is 1.98. The van der Waals surface area contributed by atoms with Crippen molar-refractivity contribution in [2.24, 2.45) is 0 Å². The lowest BCUT2D eigenvalue weighted by Crippen LogP contribution is -2.05. The van der Waals surface area contributed by atoms with Crippen LogP contribution in [-0.2, 0) is 6.42 Å². The summed E-state index contributed by atoms with van der Waals surface area (Å²) in [5.41, 5.74) is 0.716. The first-order valence-corrected chi connectivity index (χ1v) is 5.81. The average Bonchev–Trinajstić information content (AvgIpc) is 2.32. The van der Waals surface area contributed by atoms with E-state index < -0.39 is 17.7 Å². The summed E-state index contributed by atoms with van der Waals surface area (Å²) in [6, 6.07) is 9.93.